The number of phenols is 1. The Morgan fingerprint density at radius 1 is 1.15 bits per heavy atom. The molecular weight excluding hydrogens is 332 g/mol. The summed E-state index contributed by atoms with van der Waals surface area (Å²) in [5.41, 5.74) is 0.127. The van der Waals surface area contributed by atoms with Gasteiger partial charge < -0.3 is 13.1 Å². The average Bonchev–Trinajstić information content (AvgIpc) is 2.38. The Balaban J connectivity index is -0.00000120. The molecule has 20 heavy (non-hydrogen) atoms. The minimum Gasteiger partial charge on any atom is -1.00 e. The zero-order valence-electron chi connectivity index (χ0n) is 13.9. The van der Waals surface area contributed by atoms with E-state index in [4.69, 9.17) is 5.11 Å². The van der Waals surface area contributed by atoms with Crippen LogP contribution in [0, 0.1) is 0 Å². The fraction of sp³-hybridized carbons (Fsp3) is 0.467. The summed E-state index contributed by atoms with van der Waals surface area (Å²) < 4.78 is 0. The number of hydrogen-bond donors (Lipinski definition) is 2. The standard InChI is InChI=1S/C15H20O4.Sr.2H/c1-2-3-4-5-6-7-13(16)11-8-9-14(17)12(10-11)15(18)19;;;/h8-10,17H,2-7H2,1H3,(H,18,19);;;/q;+2;2*-1. The molecule has 0 heterocycles. The first-order valence-electron chi connectivity index (χ1n) is 6.65. The van der Waals surface area contributed by atoms with E-state index in [0.717, 1.165) is 25.7 Å². The first-order chi connectivity index (χ1) is 9.06. The van der Waals surface area contributed by atoms with Crippen molar-refractivity contribution in [2.24, 2.45) is 0 Å². The van der Waals surface area contributed by atoms with E-state index < -0.39 is 5.97 Å². The number of ketones is 1. The van der Waals surface area contributed by atoms with Gasteiger partial charge >= 0.3 is 51.5 Å². The predicted octanol–water partition coefficient (Wildman–Crippen LogP) is 3.48. The van der Waals surface area contributed by atoms with Crippen LogP contribution in [0.25, 0.3) is 0 Å². The van der Waals surface area contributed by atoms with E-state index >= 15 is 0 Å². The van der Waals surface area contributed by atoms with Crippen LogP contribution in [0.4, 0.5) is 0 Å². The van der Waals surface area contributed by atoms with Crippen molar-refractivity contribution in [3.05, 3.63) is 29.3 Å². The van der Waals surface area contributed by atoms with Gasteiger partial charge in [-0.25, -0.2) is 4.79 Å². The largest absolute Gasteiger partial charge is 2.00 e. The second-order valence-electron chi connectivity index (χ2n) is 4.62. The summed E-state index contributed by atoms with van der Waals surface area (Å²) in [5.74, 6) is -1.61. The summed E-state index contributed by atoms with van der Waals surface area (Å²) in [5, 5.41) is 18.2. The normalized spacial score (nSPS) is 9.85. The topological polar surface area (TPSA) is 74.6 Å². The molecule has 0 aliphatic carbocycles. The van der Waals surface area contributed by atoms with Crippen LogP contribution < -0.4 is 0 Å². The molecule has 0 fully saturated rings. The molecule has 0 radical (unpaired) electrons. The third-order valence-electron chi connectivity index (χ3n) is 3.06. The number of Topliss-reactive ketones (excluding diaryl/α,β-unsaturated/α-hetero) is 1. The number of hydrogen-bond acceptors (Lipinski definition) is 3. The van der Waals surface area contributed by atoms with Crippen LogP contribution in [-0.4, -0.2) is 67.4 Å². The summed E-state index contributed by atoms with van der Waals surface area (Å²) in [4.78, 5) is 22.7. The SMILES string of the molecule is CCCCCCCC(=O)c1ccc(O)c(C(=O)O)c1.[H-].[H-].[Sr+2]. The van der Waals surface area contributed by atoms with Crippen LogP contribution in [0.15, 0.2) is 18.2 Å². The number of carbonyl (C=O) groups excluding carboxylic acids is 1. The summed E-state index contributed by atoms with van der Waals surface area (Å²) in [6, 6.07) is 3.97. The van der Waals surface area contributed by atoms with Gasteiger partial charge in [-0.2, -0.15) is 0 Å². The van der Waals surface area contributed by atoms with Gasteiger partial charge in [-0.15, -0.1) is 0 Å². The van der Waals surface area contributed by atoms with Crippen molar-refractivity contribution in [1.29, 1.82) is 0 Å². The van der Waals surface area contributed by atoms with Crippen molar-refractivity contribution in [3.8, 4) is 5.75 Å². The van der Waals surface area contributed by atoms with Crippen LogP contribution in [0.3, 0.4) is 0 Å². The molecule has 0 bridgehead atoms. The fourth-order valence-corrected chi connectivity index (χ4v) is 1.91. The molecule has 0 aromatic heterocycles. The van der Waals surface area contributed by atoms with Gasteiger partial charge in [-0.1, -0.05) is 32.6 Å². The van der Waals surface area contributed by atoms with Crippen LogP contribution in [-0.2, 0) is 0 Å². The Bertz CT molecular complexity index is 467. The van der Waals surface area contributed by atoms with E-state index in [2.05, 4.69) is 6.92 Å². The maximum absolute atomic E-state index is 11.9. The van der Waals surface area contributed by atoms with Gasteiger partial charge in [0.1, 0.15) is 11.3 Å². The van der Waals surface area contributed by atoms with Gasteiger partial charge in [0.15, 0.2) is 5.78 Å². The van der Waals surface area contributed by atoms with E-state index in [1.807, 2.05) is 0 Å². The molecule has 1 rings (SSSR count). The Labute approximate surface area is 159 Å². The van der Waals surface area contributed by atoms with E-state index in [1.54, 1.807) is 0 Å². The number of carboxylic acids is 1. The molecule has 0 amide bonds. The maximum Gasteiger partial charge on any atom is 2.00 e. The van der Waals surface area contributed by atoms with Crippen LogP contribution in [0.2, 0.25) is 0 Å². The molecule has 0 saturated heterocycles. The van der Waals surface area contributed by atoms with Crippen molar-refractivity contribution in [2.45, 2.75) is 45.4 Å². The van der Waals surface area contributed by atoms with Crippen LogP contribution >= 0.6 is 0 Å². The maximum atomic E-state index is 11.9. The van der Waals surface area contributed by atoms with Crippen molar-refractivity contribution in [1.82, 2.24) is 0 Å². The van der Waals surface area contributed by atoms with E-state index in [-0.39, 0.29) is 65.4 Å². The van der Waals surface area contributed by atoms with E-state index in [9.17, 15) is 14.7 Å². The molecular formula is C15H22O4Sr. The Kier molecular flexibility index (Phi) is 10.2. The van der Waals surface area contributed by atoms with Crippen molar-refractivity contribution in [2.75, 3.05) is 0 Å². The quantitative estimate of drug-likeness (QED) is 0.426. The Morgan fingerprint density at radius 3 is 2.40 bits per heavy atom. The molecule has 0 spiro atoms. The van der Waals surface area contributed by atoms with E-state index in [0.29, 0.717) is 12.0 Å². The van der Waals surface area contributed by atoms with Crippen molar-refractivity contribution < 1.29 is 22.7 Å². The number of benzene rings is 1. The zero-order valence-corrected chi connectivity index (χ0v) is 15.4. The Morgan fingerprint density at radius 2 is 1.80 bits per heavy atom. The third-order valence-corrected chi connectivity index (χ3v) is 3.06. The number of unbranched alkanes of at least 4 members (excludes halogenated alkanes) is 4. The van der Waals surface area contributed by atoms with Crippen LogP contribution in [0.1, 0.15) is 69.0 Å². The Hall–Kier alpha value is -0.359. The number of rotatable bonds is 8. The molecule has 0 atom stereocenters. The van der Waals surface area contributed by atoms with Gasteiger partial charge in [0, 0.05) is 12.0 Å². The zero-order chi connectivity index (χ0) is 14.3. The summed E-state index contributed by atoms with van der Waals surface area (Å²) in [7, 11) is 0. The van der Waals surface area contributed by atoms with Crippen molar-refractivity contribution >= 4 is 57.2 Å². The molecule has 4 nitrogen and oxygen atoms in total. The summed E-state index contributed by atoms with van der Waals surface area (Å²) in [6.07, 6.45) is 5.73. The minimum absolute atomic E-state index is 0. The number of aromatic carboxylic acids is 1. The minimum atomic E-state index is -1.23. The number of aromatic hydroxyl groups is 1. The van der Waals surface area contributed by atoms with Gasteiger partial charge in [0.05, 0.1) is 0 Å². The van der Waals surface area contributed by atoms with E-state index in [1.165, 1.54) is 24.6 Å². The first kappa shape index (κ1) is 19.6. The molecule has 1 aromatic carbocycles. The summed E-state index contributed by atoms with van der Waals surface area (Å²) >= 11 is 0. The number of carboxylic acid groups (broad SMARTS) is 1. The fourth-order valence-electron chi connectivity index (χ4n) is 1.91. The number of carbonyl (C=O) groups is 2. The third kappa shape index (κ3) is 6.39. The molecule has 0 aliphatic rings. The van der Waals surface area contributed by atoms with Crippen LogP contribution in [0.5, 0.6) is 5.75 Å². The predicted molar refractivity (Wildman–Crippen MR) is 80.8 cm³/mol. The van der Waals surface area contributed by atoms with Gasteiger partial charge in [0.2, 0.25) is 0 Å². The first-order valence-corrected chi connectivity index (χ1v) is 6.65. The second-order valence-corrected chi connectivity index (χ2v) is 4.62. The van der Waals surface area contributed by atoms with Crippen molar-refractivity contribution in [3.63, 3.8) is 0 Å². The molecule has 1 aromatic rings. The second kappa shape index (κ2) is 10.4. The molecule has 2 N–H and O–H groups in total. The average molecular weight is 354 g/mol. The molecule has 5 heteroatoms. The summed E-state index contributed by atoms with van der Waals surface area (Å²) in [6.45, 7) is 2.13. The van der Waals surface area contributed by atoms with Gasteiger partial charge in [0.25, 0.3) is 0 Å². The monoisotopic (exact) mass is 354 g/mol. The van der Waals surface area contributed by atoms with Gasteiger partial charge in [-0.3, -0.25) is 4.79 Å². The molecule has 0 aliphatic heterocycles. The molecule has 0 unspecified atom stereocenters. The molecule has 0 saturated carbocycles. The molecule has 108 valence electrons. The smallest absolute Gasteiger partial charge is 1.00 e. The van der Waals surface area contributed by atoms with Gasteiger partial charge in [-0.05, 0) is 24.6 Å².